The Bertz CT molecular complexity index is 543. The summed E-state index contributed by atoms with van der Waals surface area (Å²) in [6.07, 6.45) is 1.12. The van der Waals surface area contributed by atoms with Crippen LogP contribution in [0.25, 0.3) is 0 Å². The number of benzene rings is 2. The highest BCUT2D eigenvalue weighted by Crippen LogP contribution is 2.44. The number of hydrogen-bond acceptors (Lipinski definition) is 1. The smallest absolute Gasteiger partial charge is 0.0568 e. The molecule has 92 valence electrons. The quantitative estimate of drug-likeness (QED) is 0.774. The van der Waals surface area contributed by atoms with Gasteiger partial charge in [-0.2, -0.15) is 0 Å². The highest BCUT2D eigenvalue weighted by atomic mass is 15.0. The molecule has 2 aromatic carbocycles. The first-order valence-electron chi connectivity index (χ1n) is 6.56. The van der Waals surface area contributed by atoms with E-state index >= 15 is 0 Å². The topological polar surface area (TPSA) is 12.0 Å². The van der Waals surface area contributed by atoms with Crippen LogP contribution in [0.5, 0.6) is 0 Å². The van der Waals surface area contributed by atoms with E-state index in [4.69, 9.17) is 0 Å². The molecule has 0 spiro atoms. The van der Waals surface area contributed by atoms with Crippen LogP contribution in [-0.4, -0.2) is 0 Å². The van der Waals surface area contributed by atoms with Crippen LogP contribution in [0.3, 0.4) is 0 Å². The fraction of sp³-hybridized carbons (Fsp3) is 0.294. The SMILES string of the molecule is CC1(C)Cc2ccccc2N[C@H]1c1ccccc1. The highest BCUT2D eigenvalue weighted by molar-refractivity contribution is 5.56. The standard InChI is InChI=1S/C17H19N/c1-17(2)12-14-10-6-7-11-15(14)18-16(17)13-8-4-3-5-9-13/h3-11,16,18H,12H2,1-2H3/t16-/m0/s1. The summed E-state index contributed by atoms with van der Waals surface area (Å²) in [4.78, 5) is 0. The first kappa shape index (κ1) is 11.3. The van der Waals surface area contributed by atoms with Crippen molar-refractivity contribution < 1.29 is 0 Å². The number of rotatable bonds is 1. The van der Waals surface area contributed by atoms with Gasteiger partial charge in [0.15, 0.2) is 0 Å². The summed E-state index contributed by atoms with van der Waals surface area (Å²) in [7, 11) is 0. The maximum atomic E-state index is 3.70. The van der Waals surface area contributed by atoms with E-state index < -0.39 is 0 Å². The lowest BCUT2D eigenvalue weighted by atomic mass is 9.73. The van der Waals surface area contributed by atoms with E-state index in [-0.39, 0.29) is 5.41 Å². The molecular formula is C17H19N. The van der Waals surface area contributed by atoms with E-state index in [1.165, 1.54) is 16.8 Å². The summed E-state index contributed by atoms with van der Waals surface area (Å²) in [6, 6.07) is 19.8. The van der Waals surface area contributed by atoms with Gasteiger partial charge >= 0.3 is 0 Å². The van der Waals surface area contributed by atoms with E-state index in [1.54, 1.807) is 0 Å². The molecule has 0 bridgehead atoms. The molecule has 0 saturated heterocycles. The fourth-order valence-electron chi connectivity index (χ4n) is 2.94. The highest BCUT2D eigenvalue weighted by Gasteiger charge is 2.35. The van der Waals surface area contributed by atoms with E-state index in [2.05, 4.69) is 73.8 Å². The van der Waals surface area contributed by atoms with Gasteiger partial charge in [0.25, 0.3) is 0 Å². The van der Waals surface area contributed by atoms with Crippen molar-refractivity contribution in [3.8, 4) is 0 Å². The molecule has 1 heteroatoms. The first-order chi connectivity index (χ1) is 8.67. The van der Waals surface area contributed by atoms with Crippen LogP contribution in [0.4, 0.5) is 5.69 Å². The molecule has 1 heterocycles. The molecule has 0 fully saturated rings. The van der Waals surface area contributed by atoms with Gasteiger partial charge < -0.3 is 5.32 Å². The average molecular weight is 237 g/mol. The van der Waals surface area contributed by atoms with Crippen LogP contribution >= 0.6 is 0 Å². The van der Waals surface area contributed by atoms with Crippen LogP contribution in [0.15, 0.2) is 54.6 Å². The molecule has 3 rings (SSSR count). The number of fused-ring (bicyclic) bond motifs is 1. The number of nitrogens with one attached hydrogen (secondary N) is 1. The minimum absolute atomic E-state index is 0.232. The second-order valence-corrected chi connectivity index (χ2v) is 5.81. The van der Waals surface area contributed by atoms with Gasteiger partial charge in [0.05, 0.1) is 6.04 Å². The molecule has 1 nitrogen and oxygen atoms in total. The molecule has 0 radical (unpaired) electrons. The summed E-state index contributed by atoms with van der Waals surface area (Å²) in [6.45, 7) is 4.68. The molecule has 0 aliphatic carbocycles. The van der Waals surface area contributed by atoms with Crippen LogP contribution in [0.1, 0.15) is 31.0 Å². The first-order valence-corrected chi connectivity index (χ1v) is 6.56. The molecule has 18 heavy (non-hydrogen) atoms. The van der Waals surface area contributed by atoms with Gasteiger partial charge in [-0.1, -0.05) is 62.4 Å². The van der Waals surface area contributed by atoms with Gasteiger partial charge in [-0.15, -0.1) is 0 Å². The van der Waals surface area contributed by atoms with Gasteiger partial charge in [-0.05, 0) is 29.0 Å². The number of anilines is 1. The zero-order chi connectivity index (χ0) is 12.6. The van der Waals surface area contributed by atoms with Gasteiger partial charge in [0.2, 0.25) is 0 Å². The molecule has 0 amide bonds. The Hall–Kier alpha value is -1.76. The lowest BCUT2D eigenvalue weighted by Crippen LogP contribution is -2.34. The molecular weight excluding hydrogens is 218 g/mol. The molecule has 1 aliphatic rings. The number of hydrogen-bond donors (Lipinski definition) is 1. The summed E-state index contributed by atoms with van der Waals surface area (Å²) in [5.41, 5.74) is 4.31. The maximum Gasteiger partial charge on any atom is 0.0568 e. The van der Waals surface area contributed by atoms with Gasteiger partial charge in [-0.3, -0.25) is 0 Å². The van der Waals surface area contributed by atoms with Crippen molar-refractivity contribution in [2.24, 2.45) is 5.41 Å². The predicted molar refractivity (Wildman–Crippen MR) is 76.7 cm³/mol. The van der Waals surface area contributed by atoms with Gasteiger partial charge in [0.1, 0.15) is 0 Å². The largest absolute Gasteiger partial charge is 0.377 e. The van der Waals surface area contributed by atoms with Crippen LogP contribution in [-0.2, 0) is 6.42 Å². The van der Waals surface area contributed by atoms with Crippen LogP contribution < -0.4 is 5.32 Å². The summed E-state index contributed by atoms with van der Waals surface area (Å²) < 4.78 is 0. The third kappa shape index (κ3) is 1.90. The third-order valence-corrected chi connectivity index (χ3v) is 3.88. The van der Waals surface area contributed by atoms with Crippen molar-refractivity contribution >= 4 is 5.69 Å². The summed E-state index contributed by atoms with van der Waals surface area (Å²) in [5, 5.41) is 3.70. The second-order valence-electron chi connectivity index (χ2n) is 5.81. The Morgan fingerprint density at radius 2 is 1.61 bits per heavy atom. The molecule has 1 atom stereocenters. The van der Waals surface area contributed by atoms with Gasteiger partial charge in [0, 0.05) is 5.69 Å². The van der Waals surface area contributed by atoms with Crippen LogP contribution in [0, 0.1) is 5.41 Å². The summed E-state index contributed by atoms with van der Waals surface area (Å²) in [5.74, 6) is 0. The predicted octanol–water partition coefficient (Wildman–Crippen LogP) is 4.42. The van der Waals surface area contributed by atoms with E-state index in [0.29, 0.717) is 6.04 Å². The average Bonchev–Trinajstić information content (AvgIpc) is 2.38. The Labute approximate surface area is 109 Å². The molecule has 0 saturated carbocycles. The monoisotopic (exact) mass is 237 g/mol. The lowest BCUT2D eigenvalue weighted by molar-refractivity contribution is 0.295. The Morgan fingerprint density at radius 3 is 2.39 bits per heavy atom. The molecule has 1 aliphatic heterocycles. The molecule has 1 N–H and O–H groups in total. The minimum Gasteiger partial charge on any atom is -0.377 e. The minimum atomic E-state index is 0.232. The van der Waals surface area contributed by atoms with E-state index in [0.717, 1.165) is 6.42 Å². The molecule has 2 aromatic rings. The van der Waals surface area contributed by atoms with Crippen molar-refractivity contribution in [3.05, 3.63) is 65.7 Å². The van der Waals surface area contributed by atoms with Crippen molar-refractivity contribution in [1.29, 1.82) is 0 Å². The van der Waals surface area contributed by atoms with Gasteiger partial charge in [-0.25, -0.2) is 0 Å². The van der Waals surface area contributed by atoms with E-state index in [9.17, 15) is 0 Å². The summed E-state index contributed by atoms with van der Waals surface area (Å²) >= 11 is 0. The van der Waals surface area contributed by atoms with E-state index in [1.807, 2.05) is 0 Å². The van der Waals surface area contributed by atoms with Crippen molar-refractivity contribution in [2.45, 2.75) is 26.3 Å². The molecule has 0 unspecified atom stereocenters. The zero-order valence-electron chi connectivity index (χ0n) is 11.0. The number of para-hydroxylation sites is 1. The Balaban J connectivity index is 2.02. The van der Waals surface area contributed by atoms with Crippen LogP contribution in [0.2, 0.25) is 0 Å². The van der Waals surface area contributed by atoms with Crippen molar-refractivity contribution in [3.63, 3.8) is 0 Å². The zero-order valence-corrected chi connectivity index (χ0v) is 11.0. The Morgan fingerprint density at radius 1 is 0.944 bits per heavy atom. The molecule has 0 aromatic heterocycles. The maximum absolute atomic E-state index is 3.70. The normalized spacial score (nSPS) is 20.9. The lowest BCUT2D eigenvalue weighted by Gasteiger charge is -2.41. The fourth-order valence-corrected chi connectivity index (χ4v) is 2.94. The Kier molecular flexibility index (Phi) is 2.62. The van der Waals surface area contributed by atoms with Crippen molar-refractivity contribution in [2.75, 3.05) is 5.32 Å². The third-order valence-electron chi connectivity index (χ3n) is 3.88. The second kappa shape index (κ2) is 4.16. The van der Waals surface area contributed by atoms with Crippen molar-refractivity contribution in [1.82, 2.24) is 0 Å².